The molecular weight excluding hydrogens is 284 g/mol. The van der Waals surface area contributed by atoms with E-state index in [0.717, 1.165) is 0 Å². The lowest BCUT2D eigenvalue weighted by molar-refractivity contribution is -0.133. The Labute approximate surface area is 129 Å². The molecule has 0 unspecified atom stereocenters. The van der Waals surface area contributed by atoms with E-state index in [-0.39, 0.29) is 18.9 Å². The largest absolute Gasteiger partial charge is 0.459 e. The Morgan fingerprint density at radius 2 is 2.18 bits per heavy atom. The van der Waals surface area contributed by atoms with Gasteiger partial charge in [-0.1, -0.05) is 0 Å². The minimum atomic E-state index is -0.927. The average molecular weight is 306 g/mol. The van der Waals surface area contributed by atoms with Crippen LogP contribution in [-0.4, -0.2) is 39.6 Å². The first-order chi connectivity index (χ1) is 10.3. The van der Waals surface area contributed by atoms with Gasteiger partial charge in [-0.2, -0.15) is 0 Å². The van der Waals surface area contributed by atoms with Crippen LogP contribution in [-0.2, 0) is 11.2 Å². The van der Waals surface area contributed by atoms with Crippen LogP contribution in [0.3, 0.4) is 0 Å². The number of furan rings is 1. The van der Waals surface area contributed by atoms with Gasteiger partial charge in [0.15, 0.2) is 5.76 Å². The van der Waals surface area contributed by atoms with Gasteiger partial charge in [0.2, 0.25) is 5.91 Å². The molecule has 0 spiro atoms. The van der Waals surface area contributed by atoms with Crippen molar-refractivity contribution < 1.29 is 18.7 Å². The van der Waals surface area contributed by atoms with E-state index >= 15 is 0 Å². The second-order valence-electron chi connectivity index (χ2n) is 5.90. The molecule has 0 saturated heterocycles. The molecule has 0 saturated carbocycles. The van der Waals surface area contributed by atoms with Gasteiger partial charge in [0.1, 0.15) is 5.76 Å². The van der Waals surface area contributed by atoms with Gasteiger partial charge >= 0.3 is 0 Å². The Kier molecular flexibility index (Phi) is 4.71. The number of nitrogens with zero attached hydrogens (tertiary/aromatic N) is 2. The van der Waals surface area contributed by atoms with Crippen LogP contribution >= 0.6 is 0 Å². The molecule has 0 aliphatic rings. The number of carbonyl (C=O) groups is 1. The van der Waals surface area contributed by atoms with Gasteiger partial charge in [0.25, 0.3) is 5.89 Å². The van der Waals surface area contributed by atoms with E-state index in [2.05, 4.69) is 4.98 Å². The summed E-state index contributed by atoms with van der Waals surface area (Å²) in [5, 5.41) is 9.88. The second-order valence-corrected chi connectivity index (χ2v) is 5.90. The Hall–Kier alpha value is -2.08. The fourth-order valence-corrected chi connectivity index (χ4v) is 2.20. The van der Waals surface area contributed by atoms with Crippen LogP contribution in [0.25, 0.3) is 11.7 Å². The molecule has 0 atom stereocenters. The lowest BCUT2D eigenvalue weighted by atomic mass is 10.1. The van der Waals surface area contributed by atoms with Gasteiger partial charge in [-0.15, -0.1) is 0 Å². The highest BCUT2D eigenvalue weighted by Gasteiger charge is 2.23. The first kappa shape index (κ1) is 16.3. The van der Waals surface area contributed by atoms with Crippen LogP contribution in [0.15, 0.2) is 27.2 Å². The number of likely N-dealkylation sites (N-methyl/N-ethyl adjacent to an activating group) is 1. The lowest BCUT2D eigenvalue weighted by Gasteiger charge is -2.28. The predicted octanol–water partition coefficient (Wildman–Crippen LogP) is 2.40. The van der Waals surface area contributed by atoms with Gasteiger partial charge in [-0.3, -0.25) is 4.79 Å². The smallest absolute Gasteiger partial charge is 0.263 e. The molecule has 0 fully saturated rings. The SMILES string of the molecule is CCN(CC(C)(C)O)C(=O)Cc1nc(-c2ccco2)oc1C. The molecule has 2 aromatic heterocycles. The van der Waals surface area contributed by atoms with Crippen LogP contribution in [0.5, 0.6) is 0 Å². The number of aromatic nitrogens is 1. The third kappa shape index (κ3) is 3.98. The van der Waals surface area contributed by atoms with E-state index < -0.39 is 5.60 Å². The van der Waals surface area contributed by atoms with Crippen molar-refractivity contribution in [1.82, 2.24) is 9.88 Å². The summed E-state index contributed by atoms with van der Waals surface area (Å²) in [4.78, 5) is 18.3. The summed E-state index contributed by atoms with van der Waals surface area (Å²) in [6.07, 6.45) is 1.68. The summed E-state index contributed by atoms with van der Waals surface area (Å²) in [7, 11) is 0. The van der Waals surface area contributed by atoms with Crippen molar-refractivity contribution in [2.24, 2.45) is 0 Å². The topological polar surface area (TPSA) is 79.7 Å². The van der Waals surface area contributed by atoms with Crippen LogP contribution < -0.4 is 0 Å². The number of carbonyl (C=O) groups excluding carboxylic acids is 1. The molecule has 0 radical (unpaired) electrons. The predicted molar refractivity (Wildman–Crippen MR) is 81.2 cm³/mol. The van der Waals surface area contributed by atoms with Gasteiger partial charge in [-0.05, 0) is 39.8 Å². The summed E-state index contributed by atoms with van der Waals surface area (Å²) in [6.45, 7) is 7.83. The van der Waals surface area contributed by atoms with Gasteiger partial charge < -0.3 is 18.8 Å². The first-order valence-electron chi connectivity index (χ1n) is 7.30. The molecule has 0 bridgehead atoms. The average Bonchev–Trinajstić information content (AvgIpc) is 3.05. The molecule has 6 nitrogen and oxygen atoms in total. The lowest BCUT2D eigenvalue weighted by Crippen LogP contribution is -2.42. The quantitative estimate of drug-likeness (QED) is 0.886. The highest BCUT2D eigenvalue weighted by atomic mass is 16.4. The minimum absolute atomic E-state index is 0.0907. The molecule has 120 valence electrons. The maximum Gasteiger partial charge on any atom is 0.263 e. The molecule has 0 aromatic carbocycles. The summed E-state index contributed by atoms with van der Waals surface area (Å²) >= 11 is 0. The maximum absolute atomic E-state index is 12.4. The van der Waals surface area contributed by atoms with Crippen molar-refractivity contribution in [1.29, 1.82) is 0 Å². The number of hydrogen-bond donors (Lipinski definition) is 1. The van der Waals surface area contributed by atoms with Gasteiger partial charge in [-0.25, -0.2) is 4.98 Å². The van der Waals surface area contributed by atoms with Crippen LogP contribution in [0.2, 0.25) is 0 Å². The molecule has 0 aliphatic heterocycles. The molecule has 2 rings (SSSR count). The van der Waals surface area contributed by atoms with Crippen molar-refractivity contribution >= 4 is 5.91 Å². The van der Waals surface area contributed by atoms with E-state index in [4.69, 9.17) is 8.83 Å². The van der Waals surface area contributed by atoms with Crippen molar-refractivity contribution in [3.63, 3.8) is 0 Å². The third-order valence-electron chi connectivity index (χ3n) is 3.26. The standard InChI is InChI=1S/C16H22N2O4/c1-5-18(10-16(3,4)20)14(19)9-12-11(2)22-15(17-12)13-7-6-8-21-13/h6-8,20H,5,9-10H2,1-4H3. The maximum atomic E-state index is 12.4. The molecule has 0 aliphatic carbocycles. The number of hydrogen-bond acceptors (Lipinski definition) is 5. The number of oxazole rings is 1. The van der Waals surface area contributed by atoms with Crippen molar-refractivity contribution in [3.05, 3.63) is 29.9 Å². The zero-order valence-electron chi connectivity index (χ0n) is 13.4. The Morgan fingerprint density at radius 3 is 2.73 bits per heavy atom. The van der Waals surface area contributed by atoms with Crippen molar-refractivity contribution in [2.45, 2.75) is 39.7 Å². The highest BCUT2D eigenvalue weighted by molar-refractivity contribution is 5.78. The Balaban J connectivity index is 2.11. The molecule has 1 amide bonds. The van der Waals surface area contributed by atoms with E-state index in [0.29, 0.717) is 29.6 Å². The number of amides is 1. The fraction of sp³-hybridized carbons (Fsp3) is 0.500. The fourth-order valence-electron chi connectivity index (χ4n) is 2.20. The summed E-state index contributed by atoms with van der Waals surface area (Å²) < 4.78 is 10.8. The third-order valence-corrected chi connectivity index (χ3v) is 3.26. The molecule has 1 N–H and O–H groups in total. The Bertz CT molecular complexity index is 623. The van der Waals surface area contributed by atoms with Gasteiger partial charge in [0, 0.05) is 13.1 Å². The van der Waals surface area contributed by atoms with Crippen LogP contribution in [0.4, 0.5) is 0 Å². The van der Waals surface area contributed by atoms with E-state index in [1.807, 2.05) is 6.92 Å². The normalized spacial score (nSPS) is 11.7. The molecule has 2 heterocycles. The molecule has 6 heteroatoms. The van der Waals surface area contributed by atoms with E-state index in [9.17, 15) is 9.90 Å². The summed E-state index contributed by atoms with van der Waals surface area (Å²) in [5.41, 5.74) is -0.338. The first-order valence-corrected chi connectivity index (χ1v) is 7.30. The number of aryl methyl sites for hydroxylation is 1. The van der Waals surface area contributed by atoms with E-state index in [1.165, 1.54) is 0 Å². The zero-order chi connectivity index (χ0) is 16.3. The number of rotatable bonds is 6. The van der Waals surface area contributed by atoms with Crippen molar-refractivity contribution in [3.8, 4) is 11.7 Å². The molecular formula is C16H22N2O4. The van der Waals surface area contributed by atoms with Crippen molar-refractivity contribution in [2.75, 3.05) is 13.1 Å². The summed E-state index contributed by atoms with van der Waals surface area (Å²) in [5.74, 6) is 1.41. The number of aliphatic hydroxyl groups is 1. The second kappa shape index (κ2) is 6.36. The minimum Gasteiger partial charge on any atom is -0.459 e. The van der Waals surface area contributed by atoms with Gasteiger partial charge in [0.05, 0.1) is 24.0 Å². The summed E-state index contributed by atoms with van der Waals surface area (Å²) in [6, 6.07) is 3.51. The monoisotopic (exact) mass is 306 g/mol. The Morgan fingerprint density at radius 1 is 1.45 bits per heavy atom. The zero-order valence-corrected chi connectivity index (χ0v) is 13.4. The van der Waals surface area contributed by atoms with E-state index in [1.54, 1.807) is 44.1 Å². The molecule has 2 aromatic rings. The highest BCUT2D eigenvalue weighted by Crippen LogP contribution is 2.22. The molecule has 22 heavy (non-hydrogen) atoms. The van der Waals surface area contributed by atoms with Crippen LogP contribution in [0.1, 0.15) is 32.2 Å². The van der Waals surface area contributed by atoms with Crippen LogP contribution in [0, 0.1) is 6.92 Å².